The predicted octanol–water partition coefficient (Wildman–Crippen LogP) is 4.86. The number of benzene rings is 1. The van der Waals surface area contributed by atoms with Gasteiger partial charge in [0.25, 0.3) is 0 Å². The SMILES string of the molecule is Cc1ccccc1[C@H](C)NC(c1cccs1)C1CC1. The zero-order valence-electron chi connectivity index (χ0n) is 11.6. The summed E-state index contributed by atoms with van der Waals surface area (Å²) in [6.45, 7) is 4.48. The molecule has 1 heterocycles. The van der Waals surface area contributed by atoms with Crippen LogP contribution in [-0.4, -0.2) is 0 Å². The molecule has 3 rings (SSSR count). The van der Waals surface area contributed by atoms with Crippen LogP contribution in [-0.2, 0) is 0 Å². The second kappa shape index (κ2) is 5.48. The van der Waals surface area contributed by atoms with Crippen LogP contribution in [0.25, 0.3) is 0 Å². The molecule has 0 radical (unpaired) electrons. The first-order chi connectivity index (χ1) is 9.25. The van der Waals surface area contributed by atoms with Crippen LogP contribution in [0.2, 0.25) is 0 Å². The zero-order valence-corrected chi connectivity index (χ0v) is 12.4. The summed E-state index contributed by atoms with van der Waals surface area (Å²) >= 11 is 1.88. The van der Waals surface area contributed by atoms with E-state index in [0.29, 0.717) is 12.1 Å². The summed E-state index contributed by atoms with van der Waals surface area (Å²) in [5, 5.41) is 6.03. The summed E-state index contributed by atoms with van der Waals surface area (Å²) in [4.78, 5) is 1.49. The van der Waals surface area contributed by atoms with Gasteiger partial charge in [0.05, 0.1) is 0 Å². The standard InChI is InChI=1S/C17H21NS/c1-12-6-3-4-7-15(12)13(2)18-17(14-9-10-14)16-8-5-11-19-16/h3-8,11,13-14,17-18H,9-10H2,1-2H3/t13-,17?/m0/s1. The van der Waals surface area contributed by atoms with Gasteiger partial charge in [0, 0.05) is 17.0 Å². The lowest BCUT2D eigenvalue weighted by atomic mass is 10.0. The maximum atomic E-state index is 3.85. The van der Waals surface area contributed by atoms with Gasteiger partial charge in [-0.1, -0.05) is 30.3 Å². The molecule has 1 saturated carbocycles. The third-order valence-corrected chi connectivity index (χ3v) is 4.98. The van der Waals surface area contributed by atoms with Gasteiger partial charge in [-0.25, -0.2) is 0 Å². The lowest BCUT2D eigenvalue weighted by molar-refractivity contribution is 0.432. The Morgan fingerprint density at radius 3 is 2.58 bits per heavy atom. The molecule has 1 aliphatic carbocycles. The number of aryl methyl sites for hydroxylation is 1. The molecule has 2 aromatic rings. The topological polar surface area (TPSA) is 12.0 Å². The lowest BCUT2D eigenvalue weighted by Crippen LogP contribution is -2.26. The minimum atomic E-state index is 0.411. The molecule has 2 atom stereocenters. The van der Waals surface area contributed by atoms with Gasteiger partial charge in [0.2, 0.25) is 0 Å². The van der Waals surface area contributed by atoms with Crippen molar-refractivity contribution in [2.45, 2.75) is 38.8 Å². The summed E-state index contributed by atoms with van der Waals surface area (Å²) in [5.74, 6) is 0.838. The fourth-order valence-corrected chi connectivity index (χ4v) is 3.66. The smallest absolute Gasteiger partial charge is 0.0448 e. The number of hydrogen-bond acceptors (Lipinski definition) is 2. The van der Waals surface area contributed by atoms with E-state index in [1.807, 2.05) is 11.3 Å². The van der Waals surface area contributed by atoms with E-state index in [0.717, 1.165) is 5.92 Å². The van der Waals surface area contributed by atoms with Crippen molar-refractivity contribution < 1.29 is 0 Å². The van der Waals surface area contributed by atoms with Crippen molar-refractivity contribution in [2.75, 3.05) is 0 Å². The molecular formula is C17H21NS. The minimum absolute atomic E-state index is 0.411. The summed E-state index contributed by atoms with van der Waals surface area (Å²) < 4.78 is 0. The largest absolute Gasteiger partial charge is 0.302 e. The minimum Gasteiger partial charge on any atom is -0.302 e. The Labute approximate surface area is 119 Å². The third kappa shape index (κ3) is 2.90. The van der Waals surface area contributed by atoms with E-state index in [2.05, 4.69) is 60.9 Å². The van der Waals surface area contributed by atoms with Crippen molar-refractivity contribution >= 4 is 11.3 Å². The first kappa shape index (κ1) is 12.9. The summed E-state index contributed by atoms with van der Waals surface area (Å²) in [5.41, 5.74) is 2.80. The van der Waals surface area contributed by atoms with Crippen LogP contribution in [0.5, 0.6) is 0 Å². The quantitative estimate of drug-likeness (QED) is 0.819. The molecular weight excluding hydrogens is 250 g/mol. The Morgan fingerprint density at radius 2 is 1.95 bits per heavy atom. The maximum Gasteiger partial charge on any atom is 0.0448 e. The van der Waals surface area contributed by atoms with E-state index >= 15 is 0 Å². The van der Waals surface area contributed by atoms with Crippen LogP contribution >= 0.6 is 11.3 Å². The summed E-state index contributed by atoms with van der Waals surface area (Å²) in [7, 11) is 0. The van der Waals surface area contributed by atoms with E-state index < -0.39 is 0 Å². The van der Waals surface area contributed by atoms with Crippen molar-refractivity contribution in [2.24, 2.45) is 5.92 Å². The van der Waals surface area contributed by atoms with Crippen LogP contribution in [0.4, 0.5) is 0 Å². The summed E-state index contributed by atoms with van der Waals surface area (Å²) in [6.07, 6.45) is 2.74. The van der Waals surface area contributed by atoms with Gasteiger partial charge in [-0.2, -0.15) is 0 Å². The Balaban J connectivity index is 1.77. The van der Waals surface area contributed by atoms with Crippen LogP contribution < -0.4 is 5.32 Å². The van der Waals surface area contributed by atoms with Gasteiger partial charge in [0.1, 0.15) is 0 Å². The molecule has 1 unspecified atom stereocenters. The highest BCUT2D eigenvalue weighted by Gasteiger charge is 2.33. The fourth-order valence-electron chi connectivity index (χ4n) is 2.78. The second-order valence-electron chi connectivity index (χ2n) is 5.58. The van der Waals surface area contributed by atoms with Gasteiger partial charge in [-0.05, 0) is 55.2 Å². The number of hydrogen-bond donors (Lipinski definition) is 1. The van der Waals surface area contributed by atoms with Gasteiger partial charge >= 0.3 is 0 Å². The second-order valence-corrected chi connectivity index (χ2v) is 6.55. The van der Waals surface area contributed by atoms with E-state index in [1.165, 1.54) is 28.8 Å². The van der Waals surface area contributed by atoms with E-state index in [1.54, 1.807) is 0 Å². The zero-order chi connectivity index (χ0) is 13.2. The van der Waals surface area contributed by atoms with Crippen LogP contribution in [0.15, 0.2) is 41.8 Å². The van der Waals surface area contributed by atoms with Crippen LogP contribution in [0, 0.1) is 12.8 Å². The molecule has 100 valence electrons. The van der Waals surface area contributed by atoms with E-state index in [-0.39, 0.29) is 0 Å². The van der Waals surface area contributed by atoms with Crippen molar-refractivity contribution in [3.05, 3.63) is 57.8 Å². The van der Waals surface area contributed by atoms with Gasteiger partial charge in [0.15, 0.2) is 0 Å². The Kier molecular flexibility index (Phi) is 3.72. The lowest BCUT2D eigenvalue weighted by Gasteiger charge is -2.24. The molecule has 0 spiro atoms. The molecule has 0 bridgehead atoms. The monoisotopic (exact) mass is 271 g/mol. The van der Waals surface area contributed by atoms with Crippen molar-refractivity contribution in [3.63, 3.8) is 0 Å². The molecule has 1 aliphatic rings. The Morgan fingerprint density at radius 1 is 1.16 bits per heavy atom. The first-order valence-corrected chi connectivity index (χ1v) is 7.98. The molecule has 1 fully saturated rings. The maximum absolute atomic E-state index is 3.85. The normalized spacial score (nSPS) is 18.2. The van der Waals surface area contributed by atoms with E-state index in [9.17, 15) is 0 Å². The molecule has 0 aliphatic heterocycles. The highest BCUT2D eigenvalue weighted by Crippen LogP contribution is 2.43. The summed E-state index contributed by atoms with van der Waals surface area (Å²) in [6, 6.07) is 14.1. The average Bonchev–Trinajstić information content (AvgIpc) is 3.11. The Hall–Kier alpha value is -1.12. The van der Waals surface area contributed by atoms with Crippen LogP contribution in [0.3, 0.4) is 0 Å². The first-order valence-electron chi connectivity index (χ1n) is 7.10. The van der Waals surface area contributed by atoms with Gasteiger partial charge in [-0.15, -0.1) is 11.3 Å². The number of rotatable bonds is 5. The van der Waals surface area contributed by atoms with Crippen molar-refractivity contribution in [1.82, 2.24) is 5.32 Å². The fraction of sp³-hybridized carbons (Fsp3) is 0.412. The number of nitrogens with one attached hydrogen (secondary N) is 1. The molecule has 1 N–H and O–H groups in total. The molecule has 1 aromatic carbocycles. The van der Waals surface area contributed by atoms with Crippen LogP contribution in [0.1, 0.15) is 47.9 Å². The van der Waals surface area contributed by atoms with Gasteiger partial charge < -0.3 is 5.32 Å². The van der Waals surface area contributed by atoms with Gasteiger partial charge in [-0.3, -0.25) is 0 Å². The highest BCUT2D eigenvalue weighted by atomic mass is 32.1. The highest BCUT2D eigenvalue weighted by molar-refractivity contribution is 7.10. The average molecular weight is 271 g/mol. The predicted molar refractivity (Wildman–Crippen MR) is 82.5 cm³/mol. The van der Waals surface area contributed by atoms with E-state index in [4.69, 9.17) is 0 Å². The molecule has 1 nitrogen and oxygen atoms in total. The molecule has 19 heavy (non-hydrogen) atoms. The number of thiophene rings is 1. The molecule has 2 heteroatoms. The van der Waals surface area contributed by atoms with Crippen molar-refractivity contribution in [3.8, 4) is 0 Å². The molecule has 0 amide bonds. The molecule has 0 saturated heterocycles. The third-order valence-electron chi connectivity index (χ3n) is 4.03. The Bertz CT molecular complexity index is 528. The van der Waals surface area contributed by atoms with Crippen molar-refractivity contribution in [1.29, 1.82) is 0 Å². The molecule has 1 aromatic heterocycles.